The summed E-state index contributed by atoms with van der Waals surface area (Å²) < 4.78 is 0.321. The summed E-state index contributed by atoms with van der Waals surface area (Å²) in [6.45, 7) is 0.782. The average Bonchev–Trinajstić information content (AvgIpc) is 2.63. The Balaban J connectivity index is 2.48. The lowest BCUT2D eigenvalue weighted by atomic mass is 10.1. The molecule has 13 heavy (non-hydrogen) atoms. The van der Waals surface area contributed by atoms with Crippen molar-refractivity contribution in [2.24, 2.45) is 16.6 Å². The second kappa shape index (κ2) is 4.72. The van der Waals surface area contributed by atoms with Crippen LogP contribution in [0, 0.1) is 0 Å². The largest absolute Gasteiger partial charge is 0.369 e. The second-order valence-electron chi connectivity index (χ2n) is 3.44. The summed E-state index contributed by atoms with van der Waals surface area (Å²) in [6, 6.07) is 0. The summed E-state index contributed by atoms with van der Waals surface area (Å²) in [5.74, 6) is 5.46. The van der Waals surface area contributed by atoms with Gasteiger partial charge in [0.15, 0.2) is 0 Å². The maximum absolute atomic E-state index is 5.47. The number of hydrazine groups is 1. The summed E-state index contributed by atoms with van der Waals surface area (Å²) >= 11 is 1.90. The minimum Gasteiger partial charge on any atom is -0.369 e. The van der Waals surface area contributed by atoms with E-state index in [0.717, 1.165) is 6.54 Å². The van der Waals surface area contributed by atoms with E-state index in [1.165, 1.54) is 25.7 Å². The van der Waals surface area contributed by atoms with Gasteiger partial charge in [-0.2, -0.15) is 11.8 Å². The highest BCUT2D eigenvalue weighted by Crippen LogP contribution is 2.40. The zero-order valence-corrected chi connectivity index (χ0v) is 8.86. The van der Waals surface area contributed by atoms with Crippen LogP contribution in [0.3, 0.4) is 0 Å². The van der Waals surface area contributed by atoms with Gasteiger partial charge in [-0.05, 0) is 19.1 Å². The Labute approximate surface area is 83.5 Å². The normalized spacial score (nSPS) is 21.8. The number of aliphatic imine (C=N–C) groups is 1. The number of guanidine groups is 1. The van der Waals surface area contributed by atoms with E-state index in [-0.39, 0.29) is 0 Å². The van der Waals surface area contributed by atoms with Crippen LogP contribution in [0.15, 0.2) is 4.99 Å². The van der Waals surface area contributed by atoms with Crippen LogP contribution in [0.2, 0.25) is 0 Å². The van der Waals surface area contributed by atoms with Gasteiger partial charge in [0, 0.05) is 4.75 Å². The summed E-state index contributed by atoms with van der Waals surface area (Å²) in [7, 11) is 0. The molecule has 0 heterocycles. The lowest BCUT2D eigenvalue weighted by molar-refractivity contribution is 0.620. The van der Waals surface area contributed by atoms with Crippen LogP contribution in [-0.4, -0.2) is 23.5 Å². The van der Waals surface area contributed by atoms with E-state index >= 15 is 0 Å². The van der Waals surface area contributed by atoms with Gasteiger partial charge in [0.25, 0.3) is 0 Å². The first-order chi connectivity index (χ1) is 6.22. The number of nitrogens with zero attached hydrogens (tertiary/aromatic N) is 1. The van der Waals surface area contributed by atoms with Gasteiger partial charge in [0.1, 0.15) is 0 Å². The van der Waals surface area contributed by atoms with E-state index in [9.17, 15) is 0 Å². The standard InChI is InChI=1S/C8H18N4S/c1-13-8(4-2-3-5-8)6-11-7(9)12-10/h2-6,10H2,1H3,(H3,9,11,12). The molecule has 0 unspecified atom stereocenters. The van der Waals surface area contributed by atoms with Crippen LogP contribution < -0.4 is 17.0 Å². The first kappa shape index (κ1) is 10.7. The lowest BCUT2D eigenvalue weighted by Gasteiger charge is -2.24. The maximum atomic E-state index is 5.47. The molecular formula is C8H18N4S. The quantitative estimate of drug-likeness (QED) is 0.269. The molecule has 0 aromatic heterocycles. The maximum Gasteiger partial charge on any atom is 0.203 e. The van der Waals surface area contributed by atoms with Crippen LogP contribution in [-0.2, 0) is 0 Å². The van der Waals surface area contributed by atoms with Crippen molar-refractivity contribution in [1.82, 2.24) is 5.43 Å². The Morgan fingerprint density at radius 2 is 2.15 bits per heavy atom. The average molecular weight is 202 g/mol. The molecule has 4 nitrogen and oxygen atoms in total. The first-order valence-corrected chi connectivity index (χ1v) is 5.76. The van der Waals surface area contributed by atoms with Crippen LogP contribution >= 0.6 is 11.8 Å². The van der Waals surface area contributed by atoms with Gasteiger partial charge in [-0.3, -0.25) is 10.4 Å². The molecule has 5 heteroatoms. The molecule has 0 aromatic carbocycles. The van der Waals surface area contributed by atoms with E-state index < -0.39 is 0 Å². The molecule has 0 atom stereocenters. The van der Waals surface area contributed by atoms with Crippen LogP contribution in [0.5, 0.6) is 0 Å². The molecule has 1 rings (SSSR count). The molecule has 0 spiro atoms. The summed E-state index contributed by atoms with van der Waals surface area (Å²) in [4.78, 5) is 4.21. The topological polar surface area (TPSA) is 76.4 Å². The second-order valence-corrected chi connectivity index (χ2v) is 4.71. The molecule has 76 valence electrons. The van der Waals surface area contributed by atoms with E-state index in [1.54, 1.807) is 0 Å². The third-order valence-electron chi connectivity index (χ3n) is 2.63. The summed E-state index contributed by atoms with van der Waals surface area (Å²) in [5.41, 5.74) is 7.82. The van der Waals surface area contributed by atoms with E-state index in [4.69, 9.17) is 11.6 Å². The minimum absolute atomic E-state index is 0.321. The zero-order chi connectivity index (χ0) is 9.73. The number of rotatable bonds is 3. The van der Waals surface area contributed by atoms with Gasteiger partial charge >= 0.3 is 0 Å². The van der Waals surface area contributed by atoms with Crippen molar-refractivity contribution in [1.29, 1.82) is 0 Å². The molecule has 0 bridgehead atoms. The fourth-order valence-electron chi connectivity index (χ4n) is 1.72. The fraction of sp³-hybridized carbons (Fsp3) is 0.875. The molecule has 5 N–H and O–H groups in total. The Morgan fingerprint density at radius 1 is 1.54 bits per heavy atom. The van der Waals surface area contributed by atoms with Crippen molar-refractivity contribution in [2.75, 3.05) is 12.8 Å². The minimum atomic E-state index is 0.321. The van der Waals surface area contributed by atoms with Crippen molar-refractivity contribution < 1.29 is 0 Å². The Morgan fingerprint density at radius 3 is 2.62 bits per heavy atom. The van der Waals surface area contributed by atoms with Crippen molar-refractivity contribution >= 4 is 17.7 Å². The predicted octanol–water partition coefficient (Wildman–Crippen LogP) is 0.440. The Kier molecular flexibility index (Phi) is 3.87. The molecular weight excluding hydrogens is 184 g/mol. The molecule has 1 aliphatic carbocycles. The number of hydrogen-bond acceptors (Lipinski definition) is 3. The number of hydrogen-bond donors (Lipinski definition) is 3. The Hall–Kier alpha value is -0.420. The molecule has 0 aromatic rings. The molecule has 1 aliphatic rings. The number of nitrogens with two attached hydrogens (primary N) is 2. The lowest BCUT2D eigenvalue weighted by Crippen LogP contribution is -2.38. The first-order valence-electron chi connectivity index (χ1n) is 4.54. The SMILES string of the molecule is CSC1(CN=C(N)NN)CCCC1. The van der Waals surface area contributed by atoms with Gasteiger partial charge in [-0.15, -0.1) is 0 Å². The molecule has 1 saturated carbocycles. The van der Waals surface area contributed by atoms with Crippen molar-refractivity contribution in [3.8, 4) is 0 Å². The van der Waals surface area contributed by atoms with Gasteiger partial charge in [0.2, 0.25) is 5.96 Å². The molecule has 0 aliphatic heterocycles. The van der Waals surface area contributed by atoms with Gasteiger partial charge in [-0.1, -0.05) is 12.8 Å². The van der Waals surface area contributed by atoms with Crippen molar-refractivity contribution in [2.45, 2.75) is 30.4 Å². The highest BCUT2D eigenvalue weighted by Gasteiger charge is 2.32. The van der Waals surface area contributed by atoms with Gasteiger partial charge in [-0.25, -0.2) is 5.84 Å². The van der Waals surface area contributed by atoms with Crippen LogP contribution in [0.4, 0.5) is 0 Å². The molecule has 0 radical (unpaired) electrons. The van der Waals surface area contributed by atoms with Gasteiger partial charge < -0.3 is 5.73 Å². The summed E-state index contributed by atoms with van der Waals surface area (Å²) in [5, 5.41) is 0. The predicted molar refractivity (Wildman–Crippen MR) is 58.5 cm³/mol. The van der Waals surface area contributed by atoms with E-state index in [0.29, 0.717) is 10.7 Å². The molecule has 1 fully saturated rings. The van der Waals surface area contributed by atoms with Gasteiger partial charge in [0.05, 0.1) is 6.54 Å². The highest BCUT2D eigenvalue weighted by molar-refractivity contribution is 8.00. The van der Waals surface area contributed by atoms with Crippen LogP contribution in [0.25, 0.3) is 0 Å². The molecule has 0 saturated heterocycles. The summed E-state index contributed by atoms with van der Waals surface area (Å²) in [6.07, 6.45) is 7.26. The van der Waals surface area contributed by atoms with Crippen molar-refractivity contribution in [3.63, 3.8) is 0 Å². The Bertz CT molecular complexity index is 187. The highest BCUT2D eigenvalue weighted by atomic mass is 32.2. The number of nitrogens with one attached hydrogen (secondary N) is 1. The van der Waals surface area contributed by atoms with Crippen molar-refractivity contribution in [3.05, 3.63) is 0 Å². The monoisotopic (exact) mass is 202 g/mol. The zero-order valence-electron chi connectivity index (χ0n) is 8.05. The van der Waals surface area contributed by atoms with Crippen LogP contribution in [0.1, 0.15) is 25.7 Å². The fourth-order valence-corrected chi connectivity index (χ4v) is 2.61. The number of thioether (sulfide) groups is 1. The smallest absolute Gasteiger partial charge is 0.203 e. The third kappa shape index (κ3) is 2.77. The third-order valence-corrected chi connectivity index (χ3v) is 4.04. The van der Waals surface area contributed by atoms with E-state index in [1.807, 2.05) is 11.8 Å². The van der Waals surface area contributed by atoms with E-state index in [2.05, 4.69) is 16.7 Å². The molecule has 0 amide bonds.